The predicted octanol–water partition coefficient (Wildman–Crippen LogP) is 7.23. The molecule has 0 spiro atoms. The third-order valence-electron chi connectivity index (χ3n) is 8.25. The van der Waals surface area contributed by atoms with Crippen molar-refractivity contribution in [2.24, 2.45) is 0 Å². The van der Waals surface area contributed by atoms with Gasteiger partial charge in [-0.2, -0.15) is 0 Å². The maximum atomic E-state index is 11.6. The quantitative estimate of drug-likeness (QED) is 0.112. The lowest BCUT2D eigenvalue weighted by atomic mass is 10.3. The standard InChI is InChI=1S/C24H50O4Si3/c1-13-15-18-29(8,9)23(6,14-2)27-31(12)21(5)24(31,7)28-30(10,11)19-16-17-26-22(25)20(3)4/h21H,3,13-19H2,1-2,4-12H3. The summed E-state index contributed by atoms with van der Waals surface area (Å²) in [7, 11) is -5.45. The van der Waals surface area contributed by atoms with Crippen LogP contribution in [0.25, 0.3) is 0 Å². The zero-order valence-electron chi connectivity index (χ0n) is 22.4. The molecule has 1 fully saturated rings. The van der Waals surface area contributed by atoms with E-state index in [0.717, 1.165) is 18.9 Å². The Kier molecular flexibility index (Phi) is 9.64. The summed E-state index contributed by atoms with van der Waals surface area (Å²) in [5, 5.41) is -0.121. The molecule has 1 heterocycles. The molecule has 4 nitrogen and oxygen atoms in total. The minimum atomic E-state index is -2.01. The highest BCUT2D eigenvalue weighted by Crippen LogP contribution is 2.63. The van der Waals surface area contributed by atoms with E-state index >= 15 is 0 Å². The molecule has 1 aliphatic rings. The summed E-state index contributed by atoms with van der Waals surface area (Å²) < 4.78 is 19.4. The van der Waals surface area contributed by atoms with Crippen LogP contribution in [0.3, 0.4) is 0 Å². The van der Waals surface area contributed by atoms with Crippen molar-refractivity contribution >= 4 is 30.7 Å². The van der Waals surface area contributed by atoms with E-state index < -0.39 is 24.7 Å². The molecule has 4 atom stereocenters. The summed E-state index contributed by atoms with van der Waals surface area (Å²) in [5.74, 6) is -0.301. The molecule has 0 aliphatic carbocycles. The molecular formula is C24H50O4Si3. The van der Waals surface area contributed by atoms with Gasteiger partial charge in [-0.1, -0.05) is 59.3 Å². The second-order valence-corrected chi connectivity index (χ2v) is 25.3. The van der Waals surface area contributed by atoms with Gasteiger partial charge in [-0.25, -0.2) is 4.79 Å². The fourth-order valence-corrected chi connectivity index (χ4v) is 17.5. The average Bonchev–Trinajstić information content (AvgIpc) is 3.06. The van der Waals surface area contributed by atoms with E-state index in [-0.39, 0.29) is 16.4 Å². The van der Waals surface area contributed by atoms with E-state index in [2.05, 4.69) is 73.9 Å². The second-order valence-electron chi connectivity index (χ2n) is 11.5. The van der Waals surface area contributed by atoms with E-state index in [1.807, 2.05) is 0 Å². The first-order valence-corrected chi connectivity index (χ1v) is 21.1. The molecule has 1 aliphatic heterocycles. The Balaban J connectivity index is 2.81. The molecule has 1 saturated heterocycles. The number of carbonyl (C=O) groups excluding carboxylic acids is 1. The SMILES string of the molecule is C=C(C)C(=O)OCCC[Si](C)(C)OC1(C)C(C)[Si]1(C)OC(C)(CC)[Si](C)(C)CCCC. The second kappa shape index (κ2) is 10.4. The van der Waals surface area contributed by atoms with E-state index in [4.69, 9.17) is 13.6 Å². The third-order valence-corrected chi connectivity index (χ3v) is 21.4. The Morgan fingerprint density at radius 1 is 1.16 bits per heavy atom. The van der Waals surface area contributed by atoms with Crippen molar-refractivity contribution in [3.05, 3.63) is 12.2 Å². The first-order valence-electron chi connectivity index (χ1n) is 12.2. The zero-order valence-corrected chi connectivity index (χ0v) is 25.4. The molecule has 0 aromatic rings. The van der Waals surface area contributed by atoms with Gasteiger partial charge in [0.05, 0.1) is 19.9 Å². The van der Waals surface area contributed by atoms with Crippen LogP contribution in [0.4, 0.5) is 0 Å². The Hall–Kier alpha value is -0.219. The molecule has 0 aromatic heterocycles. The van der Waals surface area contributed by atoms with Gasteiger partial charge < -0.3 is 13.6 Å². The normalized spacial score (nSPS) is 28.2. The molecule has 0 aromatic carbocycles. The summed E-state index contributed by atoms with van der Waals surface area (Å²) in [6.07, 6.45) is 4.47. The van der Waals surface area contributed by atoms with Gasteiger partial charge in [0.2, 0.25) is 8.32 Å². The van der Waals surface area contributed by atoms with E-state index in [1.54, 1.807) is 6.92 Å². The largest absolute Gasteiger partial charge is 0.462 e. The molecular weight excluding hydrogens is 437 g/mol. The van der Waals surface area contributed by atoms with Crippen LogP contribution in [0, 0.1) is 0 Å². The first-order chi connectivity index (χ1) is 14.0. The van der Waals surface area contributed by atoms with Crippen molar-refractivity contribution in [2.75, 3.05) is 6.61 Å². The van der Waals surface area contributed by atoms with E-state index in [0.29, 0.717) is 17.7 Å². The third kappa shape index (κ3) is 6.43. The number of hydrogen-bond donors (Lipinski definition) is 0. The lowest BCUT2D eigenvalue weighted by Crippen LogP contribution is -2.58. The van der Waals surface area contributed by atoms with Crippen molar-refractivity contribution in [3.8, 4) is 0 Å². The highest BCUT2D eigenvalue weighted by atomic mass is 28.4. The molecule has 0 amide bonds. The van der Waals surface area contributed by atoms with Gasteiger partial charge in [0.25, 0.3) is 0 Å². The minimum absolute atomic E-state index is 0.000962. The molecule has 0 radical (unpaired) electrons. The van der Waals surface area contributed by atoms with Gasteiger partial charge in [-0.15, -0.1) is 0 Å². The maximum absolute atomic E-state index is 11.6. The van der Waals surface area contributed by atoms with Crippen LogP contribution >= 0.6 is 0 Å². The summed E-state index contributed by atoms with van der Waals surface area (Å²) in [5.41, 5.74) is 0.949. The van der Waals surface area contributed by atoms with Crippen LogP contribution in [0.5, 0.6) is 0 Å². The number of ether oxygens (including phenoxy) is 1. The van der Waals surface area contributed by atoms with Crippen LogP contribution < -0.4 is 0 Å². The van der Waals surface area contributed by atoms with Crippen LogP contribution in [0.15, 0.2) is 12.2 Å². The summed E-state index contributed by atoms with van der Waals surface area (Å²) >= 11 is 0. The Morgan fingerprint density at radius 2 is 1.74 bits per heavy atom. The van der Waals surface area contributed by atoms with Crippen molar-refractivity contribution in [1.29, 1.82) is 0 Å². The average molecular weight is 487 g/mol. The molecule has 0 N–H and O–H groups in total. The molecule has 1 rings (SSSR count). The van der Waals surface area contributed by atoms with E-state index in [9.17, 15) is 4.79 Å². The summed E-state index contributed by atoms with van der Waals surface area (Å²) in [6, 6.07) is 2.30. The topological polar surface area (TPSA) is 44.8 Å². The van der Waals surface area contributed by atoms with Gasteiger partial charge in [-0.05, 0) is 59.3 Å². The molecule has 182 valence electrons. The lowest BCUT2D eigenvalue weighted by molar-refractivity contribution is -0.138. The van der Waals surface area contributed by atoms with Crippen molar-refractivity contribution in [1.82, 2.24) is 0 Å². The van der Waals surface area contributed by atoms with Crippen LogP contribution in [0.1, 0.15) is 67.2 Å². The zero-order chi connectivity index (χ0) is 24.3. The summed E-state index contributed by atoms with van der Waals surface area (Å²) in [6.45, 7) is 29.4. The monoisotopic (exact) mass is 486 g/mol. The lowest BCUT2D eigenvalue weighted by Gasteiger charge is -2.46. The molecule has 0 saturated carbocycles. The fourth-order valence-electron chi connectivity index (χ4n) is 4.81. The van der Waals surface area contributed by atoms with Gasteiger partial charge in [0, 0.05) is 16.3 Å². The number of hydrogen-bond acceptors (Lipinski definition) is 4. The maximum Gasteiger partial charge on any atom is 0.333 e. The van der Waals surface area contributed by atoms with Gasteiger partial charge >= 0.3 is 5.97 Å². The van der Waals surface area contributed by atoms with Crippen LogP contribution in [-0.4, -0.2) is 47.7 Å². The van der Waals surface area contributed by atoms with Gasteiger partial charge in [-0.3, -0.25) is 0 Å². The Labute approximate surface area is 195 Å². The minimum Gasteiger partial charge on any atom is -0.462 e. The highest BCUT2D eigenvalue weighted by molar-refractivity contribution is 6.91. The van der Waals surface area contributed by atoms with Crippen molar-refractivity contribution in [3.63, 3.8) is 0 Å². The van der Waals surface area contributed by atoms with Crippen LogP contribution in [-0.2, 0) is 18.4 Å². The predicted molar refractivity (Wildman–Crippen MR) is 140 cm³/mol. The van der Waals surface area contributed by atoms with Gasteiger partial charge in [0.15, 0.2) is 8.32 Å². The van der Waals surface area contributed by atoms with Gasteiger partial charge in [0.1, 0.15) is 0 Å². The number of unbranched alkanes of at least 4 members (excludes halogenated alkanes) is 1. The van der Waals surface area contributed by atoms with Crippen molar-refractivity contribution < 1.29 is 18.4 Å². The van der Waals surface area contributed by atoms with Crippen LogP contribution in [0.2, 0.25) is 50.4 Å². The highest BCUT2D eigenvalue weighted by Gasteiger charge is 2.76. The molecule has 0 bridgehead atoms. The van der Waals surface area contributed by atoms with Crippen molar-refractivity contribution in [2.45, 2.75) is 128 Å². The smallest absolute Gasteiger partial charge is 0.333 e. The number of carbonyl (C=O) groups is 1. The molecule has 31 heavy (non-hydrogen) atoms. The number of rotatable bonds is 14. The first kappa shape index (κ1) is 28.8. The molecule has 7 heteroatoms. The van der Waals surface area contributed by atoms with E-state index in [1.165, 1.54) is 18.9 Å². The summed E-state index contributed by atoms with van der Waals surface area (Å²) in [4.78, 5) is 11.6. The fraction of sp³-hybridized carbons (Fsp3) is 0.875. The number of esters is 1. The molecule has 4 unspecified atom stereocenters. The Bertz CT molecular complexity index is 651. The Morgan fingerprint density at radius 3 is 2.23 bits per heavy atom.